The Morgan fingerprint density at radius 2 is 2.15 bits per heavy atom. The molecule has 0 aromatic carbocycles. The van der Waals surface area contributed by atoms with Gasteiger partial charge in [-0.3, -0.25) is 4.98 Å². The Bertz CT molecular complexity index is 279. The van der Waals surface area contributed by atoms with Crippen molar-refractivity contribution in [1.29, 1.82) is 0 Å². The molecule has 0 N–H and O–H groups in total. The quantitative estimate of drug-likeness (QED) is 0.656. The van der Waals surface area contributed by atoms with Gasteiger partial charge in [-0.25, -0.2) is 0 Å². The first-order valence-corrected chi connectivity index (χ1v) is 4.86. The number of aryl methyl sites for hydroxylation is 1. The fraction of sp³-hybridized carbons (Fsp3) is 0.545. The van der Waals surface area contributed by atoms with Crippen LogP contribution in [0.3, 0.4) is 0 Å². The molecule has 0 atom stereocenters. The molecule has 2 rings (SSSR count). The highest BCUT2D eigenvalue weighted by Gasteiger charge is 2.15. The highest BCUT2D eigenvalue weighted by atomic mass is 16.5. The molecule has 1 aliphatic heterocycles. The van der Waals surface area contributed by atoms with Gasteiger partial charge in [-0.05, 0) is 43.4 Å². The van der Waals surface area contributed by atoms with E-state index in [1.807, 2.05) is 13.1 Å². The van der Waals surface area contributed by atoms with Crippen LogP contribution in [0.15, 0.2) is 18.3 Å². The number of ether oxygens (including phenoxy) is 1. The van der Waals surface area contributed by atoms with E-state index in [1.165, 1.54) is 5.56 Å². The van der Waals surface area contributed by atoms with Crippen LogP contribution in [0.5, 0.6) is 0 Å². The lowest BCUT2D eigenvalue weighted by atomic mass is 9.92. The van der Waals surface area contributed by atoms with Crippen molar-refractivity contribution in [3.63, 3.8) is 0 Å². The van der Waals surface area contributed by atoms with Gasteiger partial charge in [-0.2, -0.15) is 0 Å². The van der Waals surface area contributed by atoms with Crippen LogP contribution in [-0.4, -0.2) is 18.2 Å². The summed E-state index contributed by atoms with van der Waals surface area (Å²) in [4.78, 5) is 4.20. The molecule has 1 aromatic rings. The maximum atomic E-state index is 5.34. The number of hydrogen-bond acceptors (Lipinski definition) is 2. The number of pyridine rings is 1. The number of aromatic nitrogens is 1. The van der Waals surface area contributed by atoms with E-state index in [-0.39, 0.29) is 0 Å². The van der Waals surface area contributed by atoms with Crippen LogP contribution in [0.25, 0.3) is 0 Å². The summed E-state index contributed by atoms with van der Waals surface area (Å²) >= 11 is 0. The first kappa shape index (κ1) is 8.70. The Hall–Kier alpha value is -0.890. The lowest BCUT2D eigenvalue weighted by Crippen LogP contribution is -2.14. The van der Waals surface area contributed by atoms with Crippen LogP contribution in [0, 0.1) is 6.92 Å². The summed E-state index contributed by atoms with van der Waals surface area (Å²) in [6.07, 6.45) is 4.22. The minimum Gasteiger partial charge on any atom is -0.381 e. The molecule has 1 aliphatic rings. The van der Waals surface area contributed by atoms with Gasteiger partial charge in [0.15, 0.2) is 0 Å². The molecule has 13 heavy (non-hydrogen) atoms. The van der Waals surface area contributed by atoms with Crippen molar-refractivity contribution in [3.05, 3.63) is 29.6 Å². The number of hydrogen-bond donors (Lipinski definition) is 0. The fourth-order valence-electron chi connectivity index (χ4n) is 1.85. The zero-order chi connectivity index (χ0) is 9.10. The highest BCUT2D eigenvalue weighted by Crippen LogP contribution is 2.26. The van der Waals surface area contributed by atoms with Crippen molar-refractivity contribution >= 4 is 0 Å². The average molecular weight is 177 g/mol. The standard InChI is InChI=1S/C11H15NO/c1-9-8-11(2-5-12-9)10-3-6-13-7-4-10/h2,5,8,10H,3-4,6-7H2,1H3. The van der Waals surface area contributed by atoms with Gasteiger partial charge in [0.25, 0.3) is 0 Å². The molecule has 0 spiro atoms. The molecule has 2 heterocycles. The summed E-state index contributed by atoms with van der Waals surface area (Å²) in [5, 5.41) is 0. The van der Waals surface area contributed by atoms with Crippen LogP contribution in [0.1, 0.15) is 30.0 Å². The molecule has 0 bridgehead atoms. The first-order valence-electron chi connectivity index (χ1n) is 4.86. The van der Waals surface area contributed by atoms with E-state index in [2.05, 4.69) is 17.1 Å². The summed E-state index contributed by atoms with van der Waals surface area (Å²) in [6, 6.07) is 4.32. The third-order valence-corrected chi connectivity index (χ3v) is 2.61. The fourth-order valence-corrected chi connectivity index (χ4v) is 1.85. The van der Waals surface area contributed by atoms with Crippen molar-refractivity contribution in [3.8, 4) is 0 Å². The van der Waals surface area contributed by atoms with E-state index in [1.54, 1.807) is 0 Å². The average Bonchev–Trinajstić information content (AvgIpc) is 2.19. The molecule has 1 aromatic heterocycles. The molecule has 70 valence electrons. The molecular weight excluding hydrogens is 162 g/mol. The molecule has 0 saturated carbocycles. The van der Waals surface area contributed by atoms with Crippen LogP contribution in [0.4, 0.5) is 0 Å². The second-order valence-electron chi connectivity index (χ2n) is 3.62. The van der Waals surface area contributed by atoms with Crippen LogP contribution in [0.2, 0.25) is 0 Å². The lowest BCUT2D eigenvalue weighted by molar-refractivity contribution is 0.0853. The van der Waals surface area contributed by atoms with Crippen molar-refractivity contribution in [2.24, 2.45) is 0 Å². The molecule has 0 amide bonds. The summed E-state index contributed by atoms with van der Waals surface area (Å²) in [5.74, 6) is 0.690. The van der Waals surface area contributed by atoms with Gasteiger partial charge in [0.05, 0.1) is 0 Å². The highest BCUT2D eigenvalue weighted by molar-refractivity contribution is 5.20. The molecular formula is C11H15NO. The zero-order valence-electron chi connectivity index (χ0n) is 7.99. The zero-order valence-corrected chi connectivity index (χ0v) is 7.99. The summed E-state index contributed by atoms with van der Waals surface area (Å²) in [6.45, 7) is 3.86. The van der Waals surface area contributed by atoms with Crippen molar-refractivity contribution < 1.29 is 4.74 Å². The second-order valence-corrected chi connectivity index (χ2v) is 3.62. The van der Waals surface area contributed by atoms with Gasteiger partial charge in [0.1, 0.15) is 0 Å². The molecule has 0 unspecified atom stereocenters. The smallest absolute Gasteiger partial charge is 0.0471 e. The number of rotatable bonds is 1. The van der Waals surface area contributed by atoms with E-state index >= 15 is 0 Å². The van der Waals surface area contributed by atoms with Gasteiger partial charge in [0, 0.05) is 25.1 Å². The maximum absolute atomic E-state index is 5.34. The van der Waals surface area contributed by atoms with Crippen molar-refractivity contribution in [2.75, 3.05) is 13.2 Å². The third kappa shape index (κ3) is 2.07. The van der Waals surface area contributed by atoms with Crippen molar-refractivity contribution in [1.82, 2.24) is 4.98 Å². The topological polar surface area (TPSA) is 22.1 Å². The van der Waals surface area contributed by atoms with E-state index in [0.717, 1.165) is 31.7 Å². The minimum absolute atomic E-state index is 0.690. The number of nitrogens with zero attached hydrogens (tertiary/aromatic N) is 1. The predicted molar refractivity (Wildman–Crippen MR) is 51.8 cm³/mol. The normalized spacial score (nSPS) is 18.8. The van der Waals surface area contributed by atoms with Gasteiger partial charge >= 0.3 is 0 Å². The van der Waals surface area contributed by atoms with E-state index in [0.29, 0.717) is 5.92 Å². The Kier molecular flexibility index (Phi) is 2.60. The van der Waals surface area contributed by atoms with Crippen LogP contribution >= 0.6 is 0 Å². The Morgan fingerprint density at radius 3 is 2.85 bits per heavy atom. The molecule has 2 heteroatoms. The van der Waals surface area contributed by atoms with Gasteiger partial charge < -0.3 is 4.74 Å². The van der Waals surface area contributed by atoms with E-state index < -0.39 is 0 Å². The Balaban J connectivity index is 2.14. The lowest BCUT2D eigenvalue weighted by Gasteiger charge is -2.22. The second kappa shape index (κ2) is 3.88. The first-order chi connectivity index (χ1) is 6.36. The molecule has 2 nitrogen and oxygen atoms in total. The summed E-state index contributed by atoms with van der Waals surface area (Å²) in [5.41, 5.74) is 2.54. The Morgan fingerprint density at radius 1 is 1.38 bits per heavy atom. The monoisotopic (exact) mass is 177 g/mol. The Labute approximate surface area is 78.9 Å². The maximum Gasteiger partial charge on any atom is 0.0471 e. The van der Waals surface area contributed by atoms with E-state index in [9.17, 15) is 0 Å². The predicted octanol–water partition coefficient (Wildman–Crippen LogP) is 2.28. The summed E-state index contributed by atoms with van der Waals surface area (Å²) in [7, 11) is 0. The SMILES string of the molecule is Cc1cc(C2CCOCC2)ccn1. The van der Waals surface area contributed by atoms with Gasteiger partial charge in [0.2, 0.25) is 0 Å². The molecule has 0 radical (unpaired) electrons. The largest absolute Gasteiger partial charge is 0.381 e. The molecule has 1 saturated heterocycles. The minimum atomic E-state index is 0.690. The van der Waals surface area contributed by atoms with Gasteiger partial charge in [-0.1, -0.05) is 0 Å². The van der Waals surface area contributed by atoms with Crippen molar-refractivity contribution in [2.45, 2.75) is 25.7 Å². The molecule has 1 fully saturated rings. The molecule has 0 aliphatic carbocycles. The van der Waals surface area contributed by atoms with Crippen LogP contribution in [-0.2, 0) is 4.74 Å². The van der Waals surface area contributed by atoms with E-state index in [4.69, 9.17) is 4.74 Å². The third-order valence-electron chi connectivity index (χ3n) is 2.61. The summed E-state index contributed by atoms with van der Waals surface area (Å²) < 4.78 is 5.34. The van der Waals surface area contributed by atoms with Crippen LogP contribution < -0.4 is 0 Å². The van der Waals surface area contributed by atoms with Gasteiger partial charge in [-0.15, -0.1) is 0 Å².